The molecule has 2 atom stereocenters. The number of ether oxygens (including phenoxy) is 1. The van der Waals surface area contributed by atoms with Gasteiger partial charge in [0.05, 0.1) is 5.56 Å². The van der Waals surface area contributed by atoms with Gasteiger partial charge in [-0.1, -0.05) is 6.92 Å². The van der Waals surface area contributed by atoms with Crippen LogP contribution in [0.25, 0.3) is 0 Å². The molecule has 1 aromatic rings. The van der Waals surface area contributed by atoms with Crippen LogP contribution in [-0.4, -0.2) is 11.2 Å². The van der Waals surface area contributed by atoms with E-state index in [2.05, 4.69) is 0 Å². The number of hydrogen-bond acceptors (Lipinski definition) is 2. The lowest BCUT2D eigenvalue weighted by atomic mass is 10.0. The van der Waals surface area contributed by atoms with Crippen LogP contribution in [0.15, 0.2) is 12.1 Å². The molecule has 0 radical (unpaired) electrons. The molecular formula is C10H10F2O2. The maximum atomic E-state index is 13.2. The third kappa shape index (κ3) is 1.18. The third-order valence-corrected chi connectivity index (χ3v) is 2.41. The lowest BCUT2D eigenvalue weighted by Gasteiger charge is -2.10. The van der Waals surface area contributed by atoms with E-state index < -0.39 is 23.8 Å². The van der Waals surface area contributed by atoms with E-state index in [-0.39, 0.29) is 11.3 Å². The van der Waals surface area contributed by atoms with E-state index in [0.29, 0.717) is 6.42 Å². The van der Waals surface area contributed by atoms with Crippen molar-refractivity contribution in [2.45, 2.75) is 25.6 Å². The second kappa shape index (κ2) is 3.20. The molecule has 0 fully saturated rings. The van der Waals surface area contributed by atoms with Crippen LogP contribution in [0.3, 0.4) is 0 Å². The van der Waals surface area contributed by atoms with E-state index in [1.54, 1.807) is 6.92 Å². The molecular weight excluding hydrogens is 190 g/mol. The van der Waals surface area contributed by atoms with E-state index in [4.69, 9.17) is 4.74 Å². The average Bonchev–Trinajstić information content (AvgIpc) is 2.51. The molecule has 0 bridgehead atoms. The number of benzene rings is 1. The minimum Gasteiger partial charge on any atom is -0.484 e. The van der Waals surface area contributed by atoms with Gasteiger partial charge in [-0.15, -0.1) is 0 Å². The van der Waals surface area contributed by atoms with Crippen LogP contribution in [0, 0.1) is 11.6 Å². The van der Waals surface area contributed by atoms with Gasteiger partial charge in [-0.3, -0.25) is 0 Å². The second-order valence-electron chi connectivity index (χ2n) is 3.28. The highest BCUT2D eigenvalue weighted by molar-refractivity contribution is 5.41. The average molecular weight is 200 g/mol. The van der Waals surface area contributed by atoms with Crippen molar-refractivity contribution in [1.82, 2.24) is 0 Å². The highest BCUT2D eigenvalue weighted by Gasteiger charge is 2.36. The number of halogens is 2. The quantitative estimate of drug-likeness (QED) is 0.752. The molecule has 1 heterocycles. The SMILES string of the molecule is CCC1Oc2c(F)ccc(F)c2C1O. The van der Waals surface area contributed by atoms with Crippen LogP contribution >= 0.6 is 0 Å². The minimum absolute atomic E-state index is 0.0585. The molecule has 1 aliphatic heterocycles. The first-order valence-electron chi connectivity index (χ1n) is 4.47. The van der Waals surface area contributed by atoms with Crippen molar-refractivity contribution in [1.29, 1.82) is 0 Å². The zero-order valence-corrected chi connectivity index (χ0v) is 7.63. The molecule has 1 aliphatic rings. The van der Waals surface area contributed by atoms with Crippen molar-refractivity contribution < 1.29 is 18.6 Å². The predicted molar refractivity (Wildman–Crippen MR) is 46.0 cm³/mol. The van der Waals surface area contributed by atoms with Crippen molar-refractivity contribution in [3.8, 4) is 5.75 Å². The summed E-state index contributed by atoms with van der Waals surface area (Å²) in [7, 11) is 0. The topological polar surface area (TPSA) is 29.5 Å². The molecule has 1 aromatic carbocycles. The fourth-order valence-corrected chi connectivity index (χ4v) is 1.65. The first kappa shape index (κ1) is 9.40. The molecule has 2 rings (SSSR count). The largest absolute Gasteiger partial charge is 0.484 e. The van der Waals surface area contributed by atoms with Gasteiger partial charge in [0.1, 0.15) is 18.0 Å². The number of aliphatic hydroxyl groups excluding tert-OH is 1. The Morgan fingerprint density at radius 2 is 2.00 bits per heavy atom. The highest BCUT2D eigenvalue weighted by Crippen LogP contribution is 2.40. The standard InChI is InChI=1S/C10H10F2O2/c1-2-7-9(13)8-5(11)3-4-6(12)10(8)14-7/h3-4,7,9,13H,2H2,1H3. The molecule has 0 spiro atoms. The van der Waals surface area contributed by atoms with E-state index in [1.807, 2.05) is 0 Å². The maximum Gasteiger partial charge on any atom is 0.165 e. The van der Waals surface area contributed by atoms with Crippen molar-refractivity contribution >= 4 is 0 Å². The van der Waals surface area contributed by atoms with Crippen LogP contribution in [0.4, 0.5) is 8.78 Å². The first-order valence-corrected chi connectivity index (χ1v) is 4.47. The Morgan fingerprint density at radius 1 is 1.36 bits per heavy atom. The van der Waals surface area contributed by atoms with Crippen molar-refractivity contribution in [3.63, 3.8) is 0 Å². The summed E-state index contributed by atoms with van der Waals surface area (Å²) in [6.45, 7) is 1.79. The highest BCUT2D eigenvalue weighted by atomic mass is 19.1. The van der Waals surface area contributed by atoms with Gasteiger partial charge in [0.2, 0.25) is 0 Å². The molecule has 2 unspecified atom stereocenters. The molecule has 0 saturated carbocycles. The smallest absolute Gasteiger partial charge is 0.165 e. The number of fused-ring (bicyclic) bond motifs is 1. The second-order valence-corrected chi connectivity index (χ2v) is 3.28. The molecule has 0 saturated heterocycles. The normalized spacial score (nSPS) is 24.6. The van der Waals surface area contributed by atoms with E-state index in [1.165, 1.54) is 0 Å². The van der Waals surface area contributed by atoms with Crippen LogP contribution in [0.1, 0.15) is 25.0 Å². The van der Waals surface area contributed by atoms with Crippen LogP contribution in [-0.2, 0) is 0 Å². The summed E-state index contributed by atoms with van der Waals surface area (Å²) < 4.78 is 31.5. The van der Waals surface area contributed by atoms with Crippen molar-refractivity contribution in [2.75, 3.05) is 0 Å². The Balaban J connectivity index is 2.52. The molecule has 1 N–H and O–H groups in total. The molecule has 0 amide bonds. The fourth-order valence-electron chi connectivity index (χ4n) is 1.65. The first-order chi connectivity index (χ1) is 6.65. The van der Waals surface area contributed by atoms with Crippen LogP contribution in [0.5, 0.6) is 5.75 Å². The Morgan fingerprint density at radius 3 is 2.57 bits per heavy atom. The van der Waals surface area contributed by atoms with Gasteiger partial charge in [0.15, 0.2) is 11.6 Å². The summed E-state index contributed by atoms with van der Waals surface area (Å²) in [5.41, 5.74) is -0.0585. The third-order valence-electron chi connectivity index (χ3n) is 2.41. The monoisotopic (exact) mass is 200 g/mol. The molecule has 0 aliphatic carbocycles. The Labute approximate surface area is 80.1 Å². The summed E-state index contributed by atoms with van der Waals surface area (Å²) in [5.74, 6) is -1.40. The number of hydrogen-bond donors (Lipinski definition) is 1. The molecule has 76 valence electrons. The van der Waals surface area contributed by atoms with E-state index in [9.17, 15) is 13.9 Å². The van der Waals surface area contributed by atoms with Gasteiger partial charge < -0.3 is 9.84 Å². The summed E-state index contributed by atoms with van der Waals surface area (Å²) in [5, 5.41) is 9.61. The Kier molecular flexibility index (Phi) is 2.15. The lowest BCUT2D eigenvalue weighted by molar-refractivity contribution is 0.0628. The molecule has 14 heavy (non-hydrogen) atoms. The molecule has 2 nitrogen and oxygen atoms in total. The molecule has 4 heteroatoms. The van der Waals surface area contributed by atoms with Gasteiger partial charge in [-0.2, -0.15) is 0 Å². The van der Waals surface area contributed by atoms with E-state index in [0.717, 1.165) is 12.1 Å². The van der Waals surface area contributed by atoms with Gasteiger partial charge in [-0.25, -0.2) is 8.78 Å². The van der Waals surface area contributed by atoms with Crippen LogP contribution in [0.2, 0.25) is 0 Å². The van der Waals surface area contributed by atoms with Crippen molar-refractivity contribution in [3.05, 3.63) is 29.3 Å². The van der Waals surface area contributed by atoms with Gasteiger partial charge in [0, 0.05) is 0 Å². The van der Waals surface area contributed by atoms with Gasteiger partial charge in [0.25, 0.3) is 0 Å². The van der Waals surface area contributed by atoms with Gasteiger partial charge in [-0.05, 0) is 18.6 Å². The Hall–Kier alpha value is -1.16. The summed E-state index contributed by atoms with van der Waals surface area (Å²) in [6, 6.07) is 2.00. The van der Waals surface area contributed by atoms with Gasteiger partial charge >= 0.3 is 0 Å². The lowest BCUT2D eigenvalue weighted by Crippen LogP contribution is -2.17. The van der Waals surface area contributed by atoms with Crippen molar-refractivity contribution in [2.24, 2.45) is 0 Å². The van der Waals surface area contributed by atoms with E-state index >= 15 is 0 Å². The summed E-state index contributed by atoms with van der Waals surface area (Å²) in [4.78, 5) is 0. The Bertz CT molecular complexity index is 365. The number of aliphatic hydroxyl groups is 1. The zero-order chi connectivity index (χ0) is 10.3. The minimum atomic E-state index is -1.06. The van der Waals surface area contributed by atoms with Crippen LogP contribution < -0.4 is 4.74 Å². The zero-order valence-electron chi connectivity index (χ0n) is 7.63. The fraction of sp³-hybridized carbons (Fsp3) is 0.400. The maximum absolute atomic E-state index is 13.2. The predicted octanol–water partition coefficient (Wildman–Crippen LogP) is 2.17. The molecule has 0 aromatic heterocycles. The summed E-state index contributed by atoms with van der Waals surface area (Å²) >= 11 is 0. The summed E-state index contributed by atoms with van der Waals surface area (Å²) in [6.07, 6.45) is -1.10. The number of rotatable bonds is 1.